The number of nitrogens with one attached hydrogen (secondary N) is 1. The summed E-state index contributed by atoms with van der Waals surface area (Å²) in [7, 11) is -1.61. The lowest BCUT2D eigenvalue weighted by molar-refractivity contribution is 0.0599. The van der Waals surface area contributed by atoms with Crippen molar-refractivity contribution >= 4 is 27.6 Å². The van der Waals surface area contributed by atoms with Gasteiger partial charge in [-0.05, 0) is 68.7 Å². The lowest BCUT2D eigenvalue weighted by Crippen LogP contribution is -2.32. The number of rotatable bonds is 5. The van der Waals surface area contributed by atoms with E-state index >= 15 is 0 Å². The first-order chi connectivity index (χ1) is 14.0. The van der Waals surface area contributed by atoms with Crippen LogP contribution in [0.1, 0.15) is 46.5 Å². The van der Waals surface area contributed by atoms with Crippen LogP contribution in [0.4, 0.5) is 5.69 Å². The zero-order chi connectivity index (χ0) is 22.1. The number of carbonyl (C=O) groups excluding carboxylic acids is 2. The Labute approximate surface area is 175 Å². The Kier molecular flexibility index (Phi) is 5.76. The van der Waals surface area contributed by atoms with Gasteiger partial charge in [0.05, 0.1) is 35.9 Å². The summed E-state index contributed by atoms with van der Waals surface area (Å²) in [4.78, 5) is 23.9. The number of benzene rings is 2. The van der Waals surface area contributed by atoms with Crippen molar-refractivity contribution < 1.29 is 32.2 Å². The molecule has 1 N–H and O–H groups in total. The van der Waals surface area contributed by atoms with E-state index in [9.17, 15) is 18.0 Å². The smallest absolute Gasteiger partial charge is 0.337 e. The molecular weight excluding hydrogens is 410 g/mol. The van der Waals surface area contributed by atoms with E-state index in [2.05, 4.69) is 14.2 Å². The monoisotopic (exact) mass is 433 g/mol. The first-order valence-corrected chi connectivity index (χ1v) is 10.7. The first-order valence-electron chi connectivity index (χ1n) is 9.21. The number of esters is 2. The second kappa shape index (κ2) is 7.98. The fraction of sp³-hybridized carbons (Fsp3) is 0.333. The Balaban J connectivity index is 1.95. The van der Waals surface area contributed by atoms with Crippen molar-refractivity contribution in [2.75, 3.05) is 18.9 Å². The molecule has 3 rings (SSSR count). The summed E-state index contributed by atoms with van der Waals surface area (Å²) >= 11 is 0. The van der Waals surface area contributed by atoms with Gasteiger partial charge >= 0.3 is 11.9 Å². The number of sulfonamides is 1. The van der Waals surface area contributed by atoms with Crippen molar-refractivity contribution in [1.29, 1.82) is 0 Å². The van der Waals surface area contributed by atoms with Gasteiger partial charge in [0.2, 0.25) is 0 Å². The highest BCUT2D eigenvalue weighted by molar-refractivity contribution is 7.92. The topological polar surface area (TPSA) is 108 Å². The molecule has 1 aliphatic rings. The predicted octanol–water partition coefficient (Wildman–Crippen LogP) is 3.16. The number of carbonyl (C=O) groups is 2. The molecule has 0 unspecified atom stereocenters. The lowest BCUT2D eigenvalue weighted by Gasteiger charge is -2.32. The van der Waals surface area contributed by atoms with E-state index in [1.807, 2.05) is 13.8 Å². The highest BCUT2D eigenvalue weighted by Crippen LogP contribution is 2.34. The van der Waals surface area contributed by atoms with Crippen LogP contribution in [-0.2, 0) is 25.9 Å². The van der Waals surface area contributed by atoms with Crippen LogP contribution in [0.2, 0.25) is 0 Å². The molecule has 30 heavy (non-hydrogen) atoms. The minimum absolute atomic E-state index is 0.0131. The van der Waals surface area contributed by atoms with E-state index in [0.29, 0.717) is 12.2 Å². The summed E-state index contributed by atoms with van der Waals surface area (Å²) < 4.78 is 43.5. The lowest BCUT2D eigenvalue weighted by atomic mass is 9.94. The second-order valence-corrected chi connectivity index (χ2v) is 9.20. The number of hydrogen-bond acceptors (Lipinski definition) is 7. The van der Waals surface area contributed by atoms with Crippen molar-refractivity contribution in [1.82, 2.24) is 0 Å². The molecule has 9 heteroatoms. The van der Waals surface area contributed by atoms with E-state index in [1.165, 1.54) is 38.5 Å². The minimum Gasteiger partial charge on any atom is -0.488 e. The normalized spacial score (nSPS) is 14.8. The van der Waals surface area contributed by atoms with Crippen molar-refractivity contribution in [3.63, 3.8) is 0 Å². The molecule has 0 atom stereocenters. The van der Waals surface area contributed by atoms with Crippen LogP contribution in [0.15, 0.2) is 41.3 Å². The van der Waals surface area contributed by atoms with Crippen LogP contribution < -0.4 is 9.46 Å². The van der Waals surface area contributed by atoms with Gasteiger partial charge in [0.25, 0.3) is 10.0 Å². The van der Waals surface area contributed by atoms with E-state index in [1.54, 1.807) is 12.1 Å². The molecule has 1 heterocycles. The molecule has 8 nitrogen and oxygen atoms in total. The Bertz CT molecular complexity index is 1070. The largest absolute Gasteiger partial charge is 0.488 e. The maximum Gasteiger partial charge on any atom is 0.337 e. The third-order valence-corrected chi connectivity index (χ3v) is 6.13. The van der Waals surface area contributed by atoms with Crippen molar-refractivity contribution in [2.24, 2.45) is 0 Å². The third-order valence-electron chi connectivity index (χ3n) is 4.75. The number of ether oxygens (including phenoxy) is 3. The number of anilines is 1. The van der Waals surface area contributed by atoms with Gasteiger partial charge in [-0.2, -0.15) is 0 Å². The first kappa shape index (κ1) is 21.6. The van der Waals surface area contributed by atoms with Crippen LogP contribution >= 0.6 is 0 Å². The maximum absolute atomic E-state index is 12.9. The number of fused-ring (bicyclic) bond motifs is 1. The molecular formula is C21H23NO7S. The summed E-state index contributed by atoms with van der Waals surface area (Å²) in [5.41, 5.74) is 0.562. The average Bonchev–Trinajstić information content (AvgIpc) is 2.70. The van der Waals surface area contributed by atoms with Gasteiger partial charge in [-0.25, -0.2) is 18.0 Å². The van der Waals surface area contributed by atoms with Crippen molar-refractivity contribution in [3.05, 3.63) is 53.1 Å². The molecule has 160 valence electrons. The van der Waals surface area contributed by atoms with Crippen LogP contribution in [-0.4, -0.2) is 40.2 Å². The van der Waals surface area contributed by atoms with Crippen LogP contribution in [0, 0.1) is 0 Å². The molecule has 2 aromatic carbocycles. The second-order valence-electron chi connectivity index (χ2n) is 7.52. The standard InChI is InChI=1S/C21H23NO7S/c1-21(2)8-7-13-12-17(5-6-18(13)29-21)30(25,26)22-16-10-14(19(23)27-3)9-15(11-16)20(24)28-4/h5-6,9-12,22H,7-8H2,1-4H3. The van der Waals surface area contributed by atoms with Gasteiger partial charge in [0, 0.05) is 0 Å². The fourth-order valence-electron chi connectivity index (χ4n) is 3.17. The van der Waals surface area contributed by atoms with Crippen molar-refractivity contribution in [2.45, 2.75) is 37.2 Å². The van der Waals surface area contributed by atoms with E-state index < -0.39 is 22.0 Å². The Hall–Kier alpha value is -3.07. The van der Waals surface area contributed by atoms with Crippen LogP contribution in [0.3, 0.4) is 0 Å². The Morgan fingerprint density at radius 1 is 1.00 bits per heavy atom. The van der Waals surface area contributed by atoms with E-state index in [0.717, 1.165) is 12.0 Å². The van der Waals surface area contributed by atoms with Gasteiger partial charge in [-0.3, -0.25) is 4.72 Å². The van der Waals surface area contributed by atoms with Gasteiger partial charge in [0.15, 0.2) is 0 Å². The number of aryl methyl sites for hydroxylation is 1. The Morgan fingerprint density at radius 2 is 1.60 bits per heavy atom. The predicted molar refractivity (Wildman–Crippen MR) is 109 cm³/mol. The molecule has 0 aromatic heterocycles. The quantitative estimate of drug-likeness (QED) is 0.722. The molecule has 0 spiro atoms. The summed E-state index contributed by atoms with van der Waals surface area (Å²) in [5, 5.41) is 0. The molecule has 0 aliphatic carbocycles. The molecule has 0 bridgehead atoms. The van der Waals surface area contributed by atoms with Gasteiger partial charge in [0.1, 0.15) is 11.4 Å². The highest BCUT2D eigenvalue weighted by atomic mass is 32.2. The highest BCUT2D eigenvalue weighted by Gasteiger charge is 2.28. The minimum atomic E-state index is -3.98. The number of hydrogen-bond donors (Lipinski definition) is 1. The van der Waals surface area contributed by atoms with Gasteiger partial charge in [-0.15, -0.1) is 0 Å². The van der Waals surface area contributed by atoms with Crippen molar-refractivity contribution in [3.8, 4) is 5.75 Å². The molecule has 2 aromatic rings. The average molecular weight is 433 g/mol. The third kappa shape index (κ3) is 4.56. The van der Waals surface area contributed by atoms with Crippen LogP contribution in [0.25, 0.3) is 0 Å². The summed E-state index contributed by atoms with van der Waals surface area (Å²) in [6.45, 7) is 3.96. The zero-order valence-corrected chi connectivity index (χ0v) is 18.0. The van der Waals surface area contributed by atoms with Gasteiger partial charge < -0.3 is 14.2 Å². The SMILES string of the molecule is COC(=O)c1cc(NS(=O)(=O)c2ccc3c(c2)CCC(C)(C)O3)cc(C(=O)OC)c1. The Morgan fingerprint density at radius 3 is 2.17 bits per heavy atom. The fourth-order valence-corrected chi connectivity index (χ4v) is 4.26. The number of methoxy groups -OCH3 is 2. The van der Waals surface area contributed by atoms with Crippen LogP contribution in [0.5, 0.6) is 5.75 Å². The molecule has 1 aliphatic heterocycles. The van der Waals surface area contributed by atoms with E-state index in [4.69, 9.17) is 4.74 Å². The van der Waals surface area contributed by atoms with E-state index in [-0.39, 0.29) is 27.3 Å². The molecule has 0 saturated carbocycles. The summed E-state index contributed by atoms with van der Waals surface area (Å²) in [6, 6.07) is 8.51. The molecule has 0 radical (unpaired) electrons. The van der Waals surface area contributed by atoms with Gasteiger partial charge in [-0.1, -0.05) is 0 Å². The summed E-state index contributed by atoms with van der Waals surface area (Å²) in [5.74, 6) is -0.768. The maximum atomic E-state index is 12.9. The summed E-state index contributed by atoms with van der Waals surface area (Å²) in [6.07, 6.45) is 1.45. The molecule has 0 saturated heterocycles. The molecule has 0 fully saturated rings. The molecule has 0 amide bonds. The zero-order valence-electron chi connectivity index (χ0n) is 17.1.